The van der Waals surface area contributed by atoms with Crippen LogP contribution in [0.3, 0.4) is 0 Å². The minimum absolute atomic E-state index is 0.222. The van der Waals surface area contributed by atoms with Gasteiger partial charge in [0, 0.05) is 28.8 Å². The molecule has 0 fully saturated rings. The van der Waals surface area contributed by atoms with Crippen molar-refractivity contribution in [3.05, 3.63) is 124 Å². The molecule has 6 rings (SSSR count). The lowest BCUT2D eigenvalue weighted by molar-refractivity contribution is -0.0466. The van der Waals surface area contributed by atoms with E-state index in [0.29, 0.717) is 28.2 Å². The maximum atomic E-state index is 13.2. The van der Waals surface area contributed by atoms with Crippen LogP contribution < -0.4 is 19.6 Å². The van der Waals surface area contributed by atoms with Gasteiger partial charge in [0.05, 0.1) is 7.11 Å². The summed E-state index contributed by atoms with van der Waals surface area (Å²) in [7, 11) is 1.51. The molecule has 0 bridgehead atoms. The molecule has 0 radical (unpaired) electrons. The van der Waals surface area contributed by atoms with E-state index in [9.17, 15) is 4.79 Å². The van der Waals surface area contributed by atoms with E-state index in [-0.39, 0.29) is 11.2 Å². The van der Waals surface area contributed by atoms with Crippen molar-refractivity contribution in [2.45, 2.75) is 5.79 Å². The quantitative estimate of drug-likeness (QED) is 0.330. The lowest BCUT2D eigenvalue weighted by Crippen LogP contribution is -2.36. The summed E-state index contributed by atoms with van der Waals surface area (Å²) in [6.45, 7) is 0. The van der Waals surface area contributed by atoms with Crippen molar-refractivity contribution < 1.29 is 18.6 Å². The van der Waals surface area contributed by atoms with Gasteiger partial charge >= 0.3 is 5.79 Å². The number of ether oxygens (including phenoxy) is 3. The summed E-state index contributed by atoms with van der Waals surface area (Å²) in [6.07, 6.45) is 0. The Labute approximate surface area is 195 Å². The third-order valence-electron chi connectivity index (χ3n) is 5.96. The van der Waals surface area contributed by atoms with E-state index in [0.717, 1.165) is 16.7 Å². The van der Waals surface area contributed by atoms with E-state index in [1.165, 1.54) is 13.2 Å². The molecule has 0 amide bonds. The lowest BCUT2D eigenvalue weighted by Gasteiger charge is -2.28. The first-order valence-corrected chi connectivity index (χ1v) is 10.9. The zero-order valence-electron chi connectivity index (χ0n) is 18.4. The van der Waals surface area contributed by atoms with Gasteiger partial charge in [0.2, 0.25) is 5.75 Å². The maximum absolute atomic E-state index is 13.2. The van der Waals surface area contributed by atoms with E-state index < -0.39 is 5.79 Å². The van der Waals surface area contributed by atoms with Crippen molar-refractivity contribution in [2.24, 2.45) is 0 Å². The van der Waals surface area contributed by atoms with Crippen LogP contribution in [0.4, 0.5) is 0 Å². The van der Waals surface area contributed by atoms with Crippen molar-refractivity contribution in [1.29, 1.82) is 0 Å². The Balaban J connectivity index is 1.59. The summed E-state index contributed by atoms with van der Waals surface area (Å²) < 4.78 is 24.9. The van der Waals surface area contributed by atoms with E-state index in [1.54, 1.807) is 6.07 Å². The summed E-state index contributed by atoms with van der Waals surface area (Å²) in [4.78, 5) is 13.2. The van der Waals surface area contributed by atoms with Crippen LogP contribution in [0.5, 0.6) is 17.2 Å². The van der Waals surface area contributed by atoms with Crippen molar-refractivity contribution in [1.82, 2.24) is 0 Å². The number of hydrogen-bond donors (Lipinski definition) is 0. The standard InChI is InChI=1S/C29H20O5/c1-31-28-26-22(30)17-23(19-11-5-2-6-12-19)32-24(26)18-25-27(28)34-29(33-25,20-13-7-3-8-14-20)21-15-9-4-10-16-21/h2-18H,1H3. The molecule has 0 unspecified atom stereocenters. The van der Waals surface area contributed by atoms with Crippen LogP contribution in [-0.2, 0) is 5.79 Å². The van der Waals surface area contributed by atoms with Crippen LogP contribution >= 0.6 is 0 Å². The minimum Gasteiger partial charge on any atom is -0.492 e. The molecule has 2 heterocycles. The average Bonchev–Trinajstić information content (AvgIpc) is 3.29. The highest BCUT2D eigenvalue weighted by Gasteiger charge is 2.47. The van der Waals surface area contributed by atoms with Gasteiger partial charge in [-0.25, -0.2) is 0 Å². The highest BCUT2D eigenvalue weighted by Crippen LogP contribution is 2.54. The van der Waals surface area contributed by atoms with E-state index in [2.05, 4.69) is 0 Å². The second kappa shape index (κ2) is 7.81. The molecule has 5 aromatic rings. The third-order valence-corrected chi connectivity index (χ3v) is 5.96. The number of methoxy groups -OCH3 is 1. The Morgan fingerprint density at radius 1 is 0.735 bits per heavy atom. The van der Waals surface area contributed by atoms with E-state index in [4.69, 9.17) is 18.6 Å². The zero-order chi connectivity index (χ0) is 23.1. The molecule has 1 aliphatic rings. The third kappa shape index (κ3) is 3.05. The SMILES string of the molecule is COc1c2c(cc3oc(-c4ccccc4)cc(=O)c13)OC(c1ccccc1)(c1ccccc1)O2. The van der Waals surface area contributed by atoms with Crippen molar-refractivity contribution in [3.63, 3.8) is 0 Å². The summed E-state index contributed by atoms with van der Waals surface area (Å²) in [6, 6.07) is 32.1. The largest absolute Gasteiger partial charge is 0.492 e. The Morgan fingerprint density at radius 2 is 1.32 bits per heavy atom. The first kappa shape index (κ1) is 20.1. The number of hydrogen-bond acceptors (Lipinski definition) is 5. The average molecular weight is 448 g/mol. The minimum atomic E-state index is -1.24. The molecule has 5 heteroatoms. The van der Waals surface area contributed by atoms with Gasteiger partial charge in [0.1, 0.15) is 16.7 Å². The molecule has 0 N–H and O–H groups in total. The molecular formula is C29H20O5. The molecule has 1 aliphatic heterocycles. The topological polar surface area (TPSA) is 57.9 Å². The maximum Gasteiger partial charge on any atom is 0.305 e. The van der Waals surface area contributed by atoms with Gasteiger partial charge < -0.3 is 18.6 Å². The van der Waals surface area contributed by atoms with Crippen molar-refractivity contribution >= 4 is 11.0 Å². The highest BCUT2D eigenvalue weighted by molar-refractivity contribution is 5.90. The van der Waals surface area contributed by atoms with Gasteiger partial charge in [0.15, 0.2) is 16.9 Å². The van der Waals surface area contributed by atoms with Gasteiger partial charge in [0.25, 0.3) is 0 Å². The molecule has 0 aliphatic carbocycles. The molecular weight excluding hydrogens is 428 g/mol. The Morgan fingerprint density at radius 3 is 1.91 bits per heavy atom. The predicted molar refractivity (Wildman–Crippen MR) is 129 cm³/mol. The number of benzene rings is 4. The molecule has 166 valence electrons. The molecule has 4 aromatic carbocycles. The molecule has 34 heavy (non-hydrogen) atoms. The normalized spacial score (nSPS) is 13.7. The van der Waals surface area contributed by atoms with Crippen LogP contribution in [0.2, 0.25) is 0 Å². The summed E-state index contributed by atoms with van der Waals surface area (Å²) >= 11 is 0. The Kier molecular flexibility index (Phi) is 4.62. The molecule has 0 spiro atoms. The second-order valence-corrected chi connectivity index (χ2v) is 8.00. The van der Waals surface area contributed by atoms with Crippen molar-refractivity contribution in [3.8, 4) is 28.6 Å². The number of fused-ring (bicyclic) bond motifs is 2. The lowest BCUT2D eigenvalue weighted by atomic mass is 9.97. The summed E-state index contributed by atoms with van der Waals surface area (Å²) in [5.41, 5.74) is 2.57. The van der Waals surface area contributed by atoms with Gasteiger partial charge in [-0.2, -0.15) is 0 Å². The fraction of sp³-hybridized carbons (Fsp3) is 0.0690. The highest BCUT2D eigenvalue weighted by atomic mass is 16.7. The van der Waals surface area contributed by atoms with Crippen LogP contribution in [0.25, 0.3) is 22.3 Å². The van der Waals surface area contributed by atoms with Crippen LogP contribution in [0.15, 0.2) is 112 Å². The van der Waals surface area contributed by atoms with Gasteiger partial charge in [-0.1, -0.05) is 91.0 Å². The van der Waals surface area contributed by atoms with E-state index in [1.807, 2.05) is 91.0 Å². The predicted octanol–water partition coefficient (Wildman–Crippen LogP) is 6.14. The molecule has 5 nitrogen and oxygen atoms in total. The Bertz CT molecular complexity index is 1500. The van der Waals surface area contributed by atoms with Crippen molar-refractivity contribution in [2.75, 3.05) is 7.11 Å². The van der Waals surface area contributed by atoms with Crippen LogP contribution in [0.1, 0.15) is 11.1 Å². The van der Waals surface area contributed by atoms with Crippen LogP contribution in [0, 0.1) is 0 Å². The molecule has 0 atom stereocenters. The number of rotatable bonds is 4. The zero-order valence-corrected chi connectivity index (χ0v) is 18.4. The van der Waals surface area contributed by atoms with Gasteiger partial charge in [-0.3, -0.25) is 4.79 Å². The van der Waals surface area contributed by atoms with Gasteiger partial charge in [-0.15, -0.1) is 0 Å². The molecule has 1 aromatic heterocycles. The van der Waals surface area contributed by atoms with E-state index >= 15 is 0 Å². The molecule has 0 saturated heterocycles. The Hall–Kier alpha value is -4.51. The fourth-order valence-electron chi connectivity index (χ4n) is 4.40. The molecule has 0 saturated carbocycles. The first-order chi connectivity index (χ1) is 16.7. The first-order valence-electron chi connectivity index (χ1n) is 10.9. The van der Waals surface area contributed by atoms with Gasteiger partial charge in [-0.05, 0) is 0 Å². The monoisotopic (exact) mass is 448 g/mol. The second-order valence-electron chi connectivity index (χ2n) is 8.00. The smallest absolute Gasteiger partial charge is 0.305 e. The summed E-state index contributed by atoms with van der Waals surface area (Å²) in [5, 5.41) is 0.307. The fourth-order valence-corrected chi connectivity index (χ4v) is 4.40. The van der Waals surface area contributed by atoms with Crippen LogP contribution in [-0.4, -0.2) is 7.11 Å². The summed E-state index contributed by atoms with van der Waals surface area (Å²) in [5.74, 6) is 0.319.